The molecule has 0 atom stereocenters. The van der Waals surface area contributed by atoms with Crippen LogP contribution in [0.1, 0.15) is 58.1 Å². The number of nitrogens with zero attached hydrogens (tertiary/aromatic N) is 4. The number of nitrogens with one attached hydrogen (secondary N) is 3. The maximum absolute atomic E-state index is 13.1. The number of ether oxygens (including phenoxy) is 1. The van der Waals surface area contributed by atoms with Crippen molar-refractivity contribution in [2.24, 2.45) is 0 Å². The van der Waals surface area contributed by atoms with Crippen molar-refractivity contribution in [2.75, 3.05) is 50.1 Å². The van der Waals surface area contributed by atoms with Crippen LogP contribution in [0.4, 0.5) is 11.5 Å². The first-order valence-corrected chi connectivity index (χ1v) is 12.5. The fourth-order valence-corrected chi connectivity index (χ4v) is 4.77. The molecule has 0 spiro atoms. The number of hydrogen-bond donors (Lipinski definition) is 3. The zero-order valence-corrected chi connectivity index (χ0v) is 20.6. The summed E-state index contributed by atoms with van der Waals surface area (Å²) in [5.74, 6) is 1.69. The summed E-state index contributed by atoms with van der Waals surface area (Å²) in [6.45, 7) is 7.94. The van der Waals surface area contributed by atoms with Crippen molar-refractivity contribution >= 4 is 17.2 Å². The Bertz CT molecular complexity index is 1060. The van der Waals surface area contributed by atoms with Gasteiger partial charge in [0.25, 0.3) is 5.56 Å². The van der Waals surface area contributed by atoms with Gasteiger partial charge in [-0.3, -0.25) is 4.79 Å². The number of likely N-dealkylation sites (N-methyl/N-ethyl adjacent to an activating group) is 1. The molecule has 1 aliphatic carbocycles. The van der Waals surface area contributed by atoms with Gasteiger partial charge < -0.3 is 30.2 Å². The van der Waals surface area contributed by atoms with Crippen LogP contribution in [-0.2, 0) is 0 Å². The summed E-state index contributed by atoms with van der Waals surface area (Å²) in [5, 5.41) is 11.7. The second-order valence-corrected chi connectivity index (χ2v) is 9.34. The van der Waals surface area contributed by atoms with Gasteiger partial charge in [-0.15, -0.1) is 0 Å². The molecule has 2 aliphatic rings. The molecule has 2 fully saturated rings. The van der Waals surface area contributed by atoms with Crippen LogP contribution >= 0.6 is 0 Å². The maximum Gasteiger partial charge on any atom is 0.275 e. The number of pyridine rings is 1. The third kappa shape index (κ3) is 5.58. The SMILES string of the molecule is CCOc1nc(N2CCCN(C)CC2)ccc1-c1nc(C(C)=N)c(NC2CCCCC2)c(=O)[nH]1. The summed E-state index contributed by atoms with van der Waals surface area (Å²) in [6.07, 6.45) is 6.69. The van der Waals surface area contributed by atoms with Crippen molar-refractivity contribution in [1.29, 1.82) is 5.41 Å². The molecule has 3 N–H and O–H groups in total. The van der Waals surface area contributed by atoms with Crippen molar-refractivity contribution in [1.82, 2.24) is 19.9 Å². The summed E-state index contributed by atoms with van der Waals surface area (Å²) in [6, 6.07) is 4.12. The average Bonchev–Trinajstić information content (AvgIpc) is 3.05. The molecule has 0 bridgehead atoms. The van der Waals surface area contributed by atoms with Gasteiger partial charge >= 0.3 is 0 Å². The van der Waals surface area contributed by atoms with E-state index in [0.717, 1.165) is 64.1 Å². The minimum atomic E-state index is -0.265. The second-order valence-electron chi connectivity index (χ2n) is 9.34. The normalized spacial score (nSPS) is 17.9. The van der Waals surface area contributed by atoms with E-state index in [1.807, 2.05) is 19.1 Å². The zero-order chi connectivity index (χ0) is 24.1. The molecular weight excluding hydrogens is 430 g/mol. The van der Waals surface area contributed by atoms with Crippen LogP contribution in [-0.4, -0.2) is 71.4 Å². The van der Waals surface area contributed by atoms with Gasteiger partial charge in [0.1, 0.15) is 23.0 Å². The first-order chi connectivity index (χ1) is 16.5. The van der Waals surface area contributed by atoms with Crippen LogP contribution in [0.5, 0.6) is 5.88 Å². The minimum Gasteiger partial charge on any atom is -0.477 e. The van der Waals surface area contributed by atoms with Gasteiger partial charge in [-0.1, -0.05) is 19.3 Å². The van der Waals surface area contributed by atoms with Crippen LogP contribution < -0.4 is 20.5 Å². The monoisotopic (exact) mass is 467 g/mol. The van der Waals surface area contributed by atoms with Gasteiger partial charge in [0.2, 0.25) is 5.88 Å². The van der Waals surface area contributed by atoms with Crippen LogP contribution in [0.25, 0.3) is 11.4 Å². The first kappa shape index (κ1) is 24.2. The Balaban J connectivity index is 1.68. The predicted octanol–water partition coefficient (Wildman–Crippen LogP) is 3.50. The van der Waals surface area contributed by atoms with Crippen molar-refractivity contribution in [3.63, 3.8) is 0 Å². The highest BCUT2D eigenvalue weighted by molar-refractivity contribution is 5.99. The fourth-order valence-electron chi connectivity index (χ4n) is 4.77. The molecule has 3 heterocycles. The lowest BCUT2D eigenvalue weighted by molar-refractivity contribution is 0.328. The molecule has 1 saturated carbocycles. The van der Waals surface area contributed by atoms with E-state index in [0.29, 0.717) is 35.3 Å². The molecule has 2 aromatic rings. The van der Waals surface area contributed by atoms with E-state index in [2.05, 4.69) is 27.1 Å². The number of aromatic nitrogens is 3. The Morgan fingerprint density at radius 2 is 1.94 bits per heavy atom. The molecule has 0 amide bonds. The Hall–Kier alpha value is -2.94. The highest BCUT2D eigenvalue weighted by atomic mass is 16.5. The third-order valence-electron chi connectivity index (χ3n) is 6.65. The molecule has 0 aromatic carbocycles. The van der Waals surface area contributed by atoms with E-state index in [9.17, 15) is 4.79 Å². The van der Waals surface area contributed by atoms with Gasteiger partial charge in [0.15, 0.2) is 0 Å². The number of aromatic amines is 1. The molecule has 4 rings (SSSR count). The molecular formula is C25H37N7O2. The Kier molecular flexibility index (Phi) is 7.82. The highest BCUT2D eigenvalue weighted by Gasteiger charge is 2.22. The van der Waals surface area contributed by atoms with E-state index in [1.54, 1.807) is 6.92 Å². The number of H-pyrrole nitrogens is 1. The smallest absolute Gasteiger partial charge is 0.275 e. The van der Waals surface area contributed by atoms with Crippen LogP contribution in [0, 0.1) is 5.41 Å². The van der Waals surface area contributed by atoms with E-state index >= 15 is 0 Å². The Labute approximate surface area is 201 Å². The van der Waals surface area contributed by atoms with Gasteiger partial charge in [-0.05, 0) is 58.8 Å². The Morgan fingerprint density at radius 3 is 2.68 bits per heavy atom. The van der Waals surface area contributed by atoms with Gasteiger partial charge in [0.05, 0.1) is 17.9 Å². The molecule has 0 radical (unpaired) electrons. The van der Waals surface area contributed by atoms with E-state index in [1.165, 1.54) is 6.42 Å². The lowest BCUT2D eigenvalue weighted by Gasteiger charge is -2.24. The van der Waals surface area contributed by atoms with Gasteiger partial charge in [-0.2, -0.15) is 4.98 Å². The topological polar surface area (TPSA) is 110 Å². The standard InChI is InChI=1S/C25H37N7O2/c1-4-34-25-19(11-12-20(28-25)32-14-8-13-31(3)15-16-32)23-29-21(17(2)26)22(24(33)30-23)27-18-9-6-5-7-10-18/h11-12,18,26-27H,4-10,13-16H2,1-3H3,(H,29,30,33). The maximum atomic E-state index is 13.1. The van der Waals surface area contributed by atoms with Crippen molar-refractivity contribution in [3.8, 4) is 17.3 Å². The molecule has 2 aromatic heterocycles. The van der Waals surface area contributed by atoms with Crippen molar-refractivity contribution < 1.29 is 4.74 Å². The first-order valence-electron chi connectivity index (χ1n) is 12.5. The molecule has 184 valence electrons. The molecule has 1 saturated heterocycles. The average molecular weight is 468 g/mol. The fraction of sp³-hybridized carbons (Fsp3) is 0.600. The van der Waals surface area contributed by atoms with Gasteiger partial charge in [0, 0.05) is 25.7 Å². The summed E-state index contributed by atoms with van der Waals surface area (Å²) in [7, 11) is 2.14. The Morgan fingerprint density at radius 1 is 1.15 bits per heavy atom. The molecule has 1 aliphatic heterocycles. The molecule has 34 heavy (non-hydrogen) atoms. The minimum absolute atomic E-state index is 0.244. The number of hydrogen-bond acceptors (Lipinski definition) is 8. The second kappa shape index (κ2) is 11.0. The van der Waals surface area contributed by atoms with Crippen LogP contribution in [0.3, 0.4) is 0 Å². The third-order valence-corrected chi connectivity index (χ3v) is 6.65. The molecule has 0 unspecified atom stereocenters. The zero-order valence-electron chi connectivity index (χ0n) is 20.6. The van der Waals surface area contributed by atoms with E-state index in [-0.39, 0.29) is 17.3 Å². The number of rotatable bonds is 7. The van der Waals surface area contributed by atoms with Crippen LogP contribution in [0.2, 0.25) is 0 Å². The largest absolute Gasteiger partial charge is 0.477 e. The summed E-state index contributed by atoms with van der Waals surface area (Å²) in [5.41, 5.74) is 1.38. The number of anilines is 2. The summed E-state index contributed by atoms with van der Waals surface area (Å²) >= 11 is 0. The van der Waals surface area contributed by atoms with Crippen molar-refractivity contribution in [2.45, 2.75) is 58.4 Å². The summed E-state index contributed by atoms with van der Waals surface area (Å²) in [4.78, 5) is 30.2. The summed E-state index contributed by atoms with van der Waals surface area (Å²) < 4.78 is 5.89. The molecule has 9 nitrogen and oxygen atoms in total. The van der Waals surface area contributed by atoms with E-state index < -0.39 is 0 Å². The van der Waals surface area contributed by atoms with Crippen molar-refractivity contribution in [3.05, 3.63) is 28.2 Å². The highest BCUT2D eigenvalue weighted by Crippen LogP contribution is 2.30. The predicted molar refractivity (Wildman–Crippen MR) is 137 cm³/mol. The molecule has 9 heteroatoms. The lowest BCUT2D eigenvalue weighted by atomic mass is 9.95. The van der Waals surface area contributed by atoms with Crippen LogP contribution in [0.15, 0.2) is 16.9 Å². The van der Waals surface area contributed by atoms with Gasteiger partial charge in [-0.25, -0.2) is 4.98 Å². The lowest BCUT2D eigenvalue weighted by Crippen LogP contribution is -2.29. The quantitative estimate of drug-likeness (QED) is 0.535. The van der Waals surface area contributed by atoms with E-state index in [4.69, 9.17) is 20.1 Å².